The van der Waals surface area contributed by atoms with Gasteiger partial charge in [0.2, 0.25) is 5.91 Å². The third kappa shape index (κ3) is 5.81. The number of aromatic nitrogens is 2. The Morgan fingerprint density at radius 2 is 1.84 bits per heavy atom. The third-order valence-electron chi connectivity index (χ3n) is 5.31. The Hall–Kier alpha value is -2.48. The minimum atomic E-state index is -0.210. The molecule has 0 radical (unpaired) electrons. The summed E-state index contributed by atoms with van der Waals surface area (Å²) in [5.41, 5.74) is 2.01. The molecule has 0 aliphatic carbocycles. The van der Waals surface area contributed by atoms with Crippen molar-refractivity contribution in [2.24, 2.45) is 0 Å². The number of nitrogens with one attached hydrogen (secondary N) is 1. The van der Waals surface area contributed by atoms with Crippen LogP contribution in [-0.2, 0) is 22.6 Å². The topological polar surface area (TPSA) is 67.3 Å². The van der Waals surface area contributed by atoms with Crippen molar-refractivity contribution < 1.29 is 9.53 Å². The van der Waals surface area contributed by atoms with Gasteiger partial charge in [-0.1, -0.05) is 67.2 Å². The number of para-hydroxylation sites is 1. The molecule has 0 bridgehead atoms. The zero-order chi connectivity index (χ0) is 21.5. The molecule has 1 N–H and O–H groups in total. The Kier molecular flexibility index (Phi) is 7.51. The van der Waals surface area contributed by atoms with Crippen molar-refractivity contribution >= 4 is 28.6 Å². The fourth-order valence-corrected chi connectivity index (χ4v) is 4.65. The molecule has 1 atom stereocenters. The predicted octanol–water partition coefficient (Wildman–Crippen LogP) is 3.65. The average molecular weight is 437 g/mol. The van der Waals surface area contributed by atoms with Gasteiger partial charge in [-0.25, -0.2) is 9.97 Å². The lowest BCUT2D eigenvalue weighted by atomic mass is 10.2. The van der Waals surface area contributed by atoms with Crippen molar-refractivity contribution in [3.63, 3.8) is 0 Å². The van der Waals surface area contributed by atoms with E-state index in [0.717, 1.165) is 60.0 Å². The normalized spacial score (nSPS) is 15.6. The van der Waals surface area contributed by atoms with E-state index in [0.29, 0.717) is 13.1 Å². The fraction of sp³-hybridized carbons (Fsp3) is 0.375. The number of fused-ring (bicyclic) bond motifs is 1. The van der Waals surface area contributed by atoms with Gasteiger partial charge in [0.1, 0.15) is 10.9 Å². The van der Waals surface area contributed by atoms with Crippen LogP contribution in [0, 0.1) is 0 Å². The maximum atomic E-state index is 12.9. The van der Waals surface area contributed by atoms with Gasteiger partial charge in [-0.05, 0) is 18.1 Å². The number of benzene rings is 2. The van der Waals surface area contributed by atoms with Crippen LogP contribution >= 0.6 is 11.8 Å². The summed E-state index contributed by atoms with van der Waals surface area (Å²) in [5, 5.41) is 4.73. The standard InChI is InChI=1S/C24H28N4O2S/c1-2-21(23(29)25-16-18-8-4-3-5-9-18)31-24-19-10-6-7-11-20(19)26-22(27-24)17-28-12-14-30-15-13-28/h3-11,21H,2,12-17H2,1H3,(H,25,29)/t21-/m0/s1. The van der Waals surface area contributed by atoms with E-state index in [-0.39, 0.29) is 11.2 Å². The number of morpholine rings is 1. The van der Waals surface area contributed by atoms with Crippen molar-refractivity contribution in [2.75, 3.05) is 26.3 Å². The Labute approximate surface area is 187 Å². The van der Waals surface area contributed by atoms with Gasteiger partial charge in [-0.2, -0.15) is 0 Å². The van der Waals surface area contributed by atoms with Crippen molar-refractivity contribution in [1.82, 2.24) is 20.2 Å². The van der Waals surface area contributed by atoms with E-state index in [1.165, 1.54) is 11.8 Å². The van der Waals surface area contributed by atoms with Gasteiger partial charge in [0.05, 0.1) is 30.5 Å². The minimum Gasteiger partial charge on any atom is -0.379 e. The summed E-state index contributed by atoms with van der Waals surface area (Å²) < 4.78 is 5.45. The van der Waals surface area contributed by atoms with Gasteiger partial charge in [0.15, 0.2) is 0 Å². The van der Waals surface area contributed by atoms with Crippen molar-refractivity contribution in [3.8, 4) is 0 Å². The van der Waals surface area contributed by atoms with Gasteiger partial charge in [-0.15, -0.1) is 0 Å². The lowest BCUT2D eigenvalue weighted by Crippen LogP contribution is -2.36. The monoisotopic (exact) mass is 436 g/mol. The molecule has 1 amide bonds. The second kappa shape index (κ2) is 10.7. The summed E-state index contributed by atoms with van der Waals surface area (Å²) in [6, 6.07) is 18.0. The number of carbonyl (C=O) groups is 1. The molecule has 1 saturated heterocycles. The molecule has 6 nitrogen and oxygen atoms in total. The molecule has 2 aromatic carbocycles. The smallest absolute Gasteiger partial charge is 0.233 e. The Morgan fingerprint density at radius 3 is 2.61 bits per heavy atom. The summed E-state index contributed by atoms with van der Waals surface area (Å²) in [4.78, 5) is 24.9. The Balaban J connectivity index is 1.51. The summed E-state index contributed by atoms with van der Waals surface area (Å²) in [6.45, 7) is 6.53. The molecular weight excluding hydrogens is 408 g/mol. The van der Waals surface area contributed by atoms with Crippen LogP contribution in [-0.4, -0.2) is 52.3 Å². The number of hydrogen-bond donors (Lipinski definition) is 1. The second-order valence-corrected chi connectivity index (χ2v) is 8.76. The molecule has 162 valence electrons. The number of ether oxygens (including phenoxy) is 1. The average Bonchev–Trinajstić information content (AvgIpc) is 2.82. The predicted molar refractivity (Wildman–Crippen MR) is 124 cm³/mol. The zero-order valence-electron chi connectivity index (χ0n) is 17.8. The van der Waals surface area contributed by atoms with Crippen LogP contribution in [0.25, 0.3) is 10.9 Å². The lowest BCUT2D eigenvalue weighted by molar-refractivity contribution is -0.120. The van der Waals surface area contributed by atoms with E-state index in [1.807, 2.05) is 61.5 Å². The molecule has 4 rings (SSSR count). The van der Waals surface area contributed by atoms with Gasteiger partial charge < -0.3 is 10.1 Å². The summed E-state index contributed by atoms with van der Waals surface area (Å²) in [7, 11) is 0. The highest BCUT2D eigenvalue weighted by molar-refractivity contribution is 8.00. The molecule has 0 spiro atoms. The van der Waals surface area contributed by atoms with Gasteiger partial charge >= 0.3 is 0 Å². The molecule has 3 aromatic rings. The minimum absolute atomic E-state index is 0.0359. The first-order valence-corrected chi connectivity index (χ1v) is 11.6. The first-order valence-electron chi connectivity index (χ1n) is 10.8. The molecule has 0 saturated carbocycles. The second-order valence-electron chi connectivity index (χ2n) is 7.57. The SMILES string of the molecule is CC[C@H](Sc1nc(CN2CCOCC2)nc2ccccc12)C(=O)NCc1ccccc1. The Morgan fingerprint density at radius 1 is 1.10 bits per heavy atom. The number of amides is 1. The molecule has 7 heteroatoms. The number of rotatable bonds is 8. The highest BCUT2D eigenvalue weighted by Crippen LogP contribution is 2.30. The summed E-state index contributed by atoms with van der Waals surface area (Å²) >= 11 is 1.53. The van der Waals surface area contributed by atoms with E-state index in [4.69, 9.17) is 14.7 Å². The molecule has 1 aliphatic heterocycles. The number of nitrogens with zero attached hydrogens (tertiary/aromatic N) is 3. The van der Waals surface area contributed by atoms with E-state index < -0.39 is 0 Å². The third-order valence-corrected chi connectivity index (χ3v) is 6.68. The maximum absolute atomic E-state index is 12.9. The molecule has 1 aromatic heterocycles. The van der Waals surface area contributed by atoms with Crippen LogP contribution < -0.4 is 5.32 Å². The van der Waals surface area contributed by atoms with Crippen LogP contribution in [0.1, 0.15) is 24.7 Å². The van der Waals surface area contributed by atoms with E-state index >= 15 is 0 Å². The van der Waals surface area contributed by atoms with Gasteiger partial charge in [0, 0.05) is 25.0 Å². The van der Waals surface area contributed by atoms with Crippen LogP contribution in [0.2, 0.25) is 0 Å². The van der Waals surface area contributed by atoms with Crippen LogP contribution in [0.5, 0.6) is 0 Å². The highest BCUT2D eigenvalue weighted by atomic mass is 32.2. The number of thioether (sulfide) groups is 1. The zero-order valence-corrected chi connectivity index (χ0v) is 18.6. The number of hydrogen-bond acceptors (Lipinski definition) is 6. The first kappa shape index (κ1) is 21.7. The van der Waals surface area contributed by atoms with Crippen LogP contribution in [0.3, 0.4) is 0 Å². The Bertz CT molecular complexity index is 1010. The molecule has 1 aliphatic rings. The first-order chi connectivity index (χ1) is 15.2. The van der Waals surface area contributed by atoms with Gasteiger partial charge in [0.25, 0.3) is 0 Å². The quantitative estimate of drug-likeness (QED) is 0.429. The van der Waals surface area contributed by atoms with Crippen molar-refractivity contribution in [1.29, 1.82) is 0 Å². The molecule has 0 unspecified atom stereocenters. The van der Waals surface area contributed by atoms with Gasteiger partial charge in [-0.3, -0.25) is 9.69 Å². The largest absolute Gasteiger partial charge is 0.379 e. The molecule has 2 heterocycles. The summed E-state index contributed by atoms with van der Waals surface area (Å²) in [5.74, 6) is 0.830. The maximum Gasteiger partial charge on any atom is 0.233 e. The van der Waals surface area contributed by atoms with Crippen molar-refractivity contribution in [2.45, 2.75) is 36.7 Å². The highest BCUT2D eigenvalue weighted by Gasteiger charge is 2.21. The van der Waals surface area contributed by atoms with Crippen molar-refractivity contribution in [3.05, 3.63) is 66.0 Å². The molecule has 31 heavy (non-hydrogen) atoms. The molecular formula is C24H28N4O2S. The van der Waals surface area contributed by atoms with Crippen LogP contribution in [0.15, 0.2) is 59.6 Å². The van der Waals surface area contributed by atoms with E-state index in [9.17, 15) is 4.79 Å². The summed E-state index contributed by atoms with van der Waals surface area (Å²) in [6.07, 6.45) is 0.725. The molecule has 1 fully saturated rings. The lowest BCUT2D eigenvalue weighted by Gasteiger charge is -2.26. The fourth-order valence-electron chi connectivity index (χ4n) is 3.57. The van der Waals surface area contributed by atoms with E-state index in [2.05, 4.69) is 10.2 Å². The number of carbonyl (C=O) groups excluding carboxylic acids is 1. The van der Waals surface area contributed by atoms with Crippen LogP contribution in [0.4, 0.5) is 0 Å². The van der Waals surface area contributed by atoms with E-state index in [1.54, 1.807) is 0 Å².